The molecule has 0 aliphatic carbocycles. The SMILES string of the molecule is CCCCCCC[C@H](CC(=O)CC(=O)OCC)NC(=O)OCc1ccccc1. The fraction of sp³-hybridized carbons (Fsp3) is 0.591. The van der Waals surface area contributed by atoms with Crippen molar-refractivity contribution in [3.63, 3.8) is 0 Å². The lowest BCUT2D eigenvalue weighted by atomic mass is 10.0. The van der Waals surface area contributed by atoms with E-state index >= 15 is 0 Å². The highest BCUT2D eigenvalue weighted by atomic mass is 16.5. The average molecular weight is 392 g/mol. The molecular weight excluding hydrogens is 358 g/mol. The number of Topliss-reactive ketones (excluding diaryl/α,β-unsaturated/α-hetero) is 1. The van der Waals surface area contributed by atoms with Crippen LogP contribution in [0.1, 0.15) is 70.8 Å². The van der Waals surface area contributed by atoms with Crippen molar-refractivity contribution in [2.75, 3.05) is 6.61 Å². The number of alkyl carbamates (subject to hydrolysis) is 1. The second kappa shape index (κ2) is 14.7. The summed E-state index contributed by atoms with van der Waals surface area (Å²) >= 11 is 0. The molecule has 1 aromatic carbocycles. The molecule has 1 aromatic rings. The first-order chi connectivity index (χ1) is 13.5. The Morgan fingerprint density at radius 1 is 0.964 bits per heavy atom. The minimum Gasteiger partial charge on any atom is -0.466 e. The summed E-state index contributed by atoms with van der Waals surface area (Å²) in [7, 11) is 0. The number of hydrogen-bond donors (Lipinski definition) is 1. The van der Waals surface area contributed by atoms with Crippen LogP contribution in [0.4, 0.5) is 4.79 Å². The molecule has 0 saturated carbocycles. The zero-order valence-corrected chi connectivity index (χ0v) is 17.1. The van der Waals surface area contributed by atoms with Gasteiger partial charge >= 0.3 is 12.1 Å². The molecule has 0 radical (unpaired) electrons. The van der Waals surface area contributed by atoms with E-state index in [4.69, 9.17) is 9.47 Å². The topological polar surface area (TPSA) is 81.7 Å². The summed E-state index contributed by atoms with van der Waals surface area (Å²) < 4.78 is 10.1. The van der Waals surface area contributed by atoms with Crippen LogP contribution in [0.5, 0.6) is 0 Å². The van der Waals surface area contributed by atoms with Crippen LogP contribution in [-0.4, -0.2) is 30.5 Å². The van der Waals surface area contributed by atoms with Crippen LogP contribution < -0.4 is 5.32 Å². The number of nitrogens with one attached hydrogen (secondary N) is 1. The van der Waals surface area contributed by atoms with Gasteiger partial charge in [0, 0.05) is 12.5 Å². The Morgan fingerprint density at radius 3 is 2.36 bits per heavy atom. The molecule has 1 atom stereocenters. The van der Waals surface area contributed by atoms with Gasteiger partial charge in [-0.15, -0.1) is 0 Å². The van der Waals surface area contributed by atoms with Crippen LogP contribution in [-0.2, 0) is 25.7 Å². The Bertz CT molecular complexity index is 588. The van der Waals surface area contributed by atoms with Crippen LogP contribution in [0.2, 0.25) is 0 Å². The minimum absolute atomic E-state index is 0.104. The molecular formula is C22H33NO5. The molecule has 0 aromatic heterocycles. The van der Waals surface area contributed by atoms with Crippen molar-refractivity contribution in [3.05, 3.63) is 35.9 Å². The van der Waals surface area contributed by atoms with Crippen LogP contribution in [0, 0.1) is 0 Å². The van der Waals surface area contributed by atoms with Crippen molar-refractivity contribution >= 4 is 17.8 Å². The highest BCUT2D eigenvalue weighted by molar-refractivity contribution is 5.95. The summed E-state index contributed by atoms with van der Waals surface area (Å²) in [5.74, 6) is -0.763. The van der Waals surface area contributed by atoms with Gasteiger partial charge in [0.25, 0.3) is 0 Å². The fourth-order valence-electron chi connectivity index (χ4n) is 2.87. The lowest BCUT2D eigenvalue weighted by molar-refractivity contribution is -0.145. The van der Waals surface area contributed by atoms with E-state index in [9.17, 15) is 14.4 Å². The van der Waals surface area contributed by atoms with E-state index in [0.29, 0.717) is 6.42 Å². The predicted molar refractivity (Wildman–Crippen MR) is 108 cm³/mol. The van der Waals surface area contributed by atoms with E-state index in [1.807, 2.05) is 30.3 Å². The molecule has 0 fully saturated rings. The van der Waals surface area contributed by atoms with Crippen LogP contribution >= 0.6 is 0 Å². The number of carbonyl (C=O) groups excluding carboxylic acids is 3. The predicted octanol–water partition coefficient (Wildman–Crippen LogP) is 4.55. The van der Waals surface area contributed by atoms with Crippen LogP contribution in [0.15, 0.2) is 30.3 Å². The summed E-state index contributed by atoms with van der Waals surface area (Å²) in [6.45, 7) is 4.27. The first-order valence-corrected chi connectivity index (χ1v) is 10.2. The van der Waals surface area contributed by atoms with Crippen molar-refractivity contribution < 1.29 is 23.9 Å². The number of benzene rings is 1. The third kappa shape index (κ3) is 11.4. The second-order valence-corrected chi connectivity index (χ2v) is 6.83. The second-order valence-electron chi connectivity index (χ2n) is 6.83. The largest absolute Gasteiger partial charge is 0.466 e. The van der Waals surface area contributed by atoms with Gasteiger partial charge in [0.15, 0.2) is 0 Å². The first kappa shape index (κ1) is 23.7. The summed E-state index contributed by atoms with van der Waals surface area (Å²) in [6.07, 6.45) is 5.41. The standard InChI is InChI=1S/C22H33NO5/c1-3-5-6-7-11-14-19(15-20(24)16-21(25)27-4-2)23-22(26)28-17-18-12-9-8-10-13-18/h8-10,12-13,19H,3-7,11,14-17H2,1-2H3,(H,23,26)/t19-/m1/s1. The molecule has 0 saturated heterocycles. The molecule has 0 heterocycles. The number of carbonyl (C=O) groups is 3. The molecule has 0 spiro atoms. The van der Waals surface area contributed by atoms with E-state index in [1.165, 1.54) is 6.42 Å². The lowest BCUT2D eigenvalue weighted by Crippen LogP contribution is -2.37. The van der Waals surface area contributed by atoms with E-state index in [2.05, 4.69) is 12.2 Å². The highest BCUT2D eigenvalue weighted by Gasteiger charge is 2.19. The maximum Gasteiger partial charge on any atom is 0.407 e. The molecule has 1 amide bonds. The molecule has 0 bridgehead atoms. The van der Waals surface area contributed by atoms with Gasteiger partial charge in [0.05, 0.1) is 6.61 Å². The minimum atomic E-state index is -0.550. The number of esters is 1. The summed E-state index contributed by atoms with van der Waals surface area (Å²) in [5.41, 5.74) is 0.896. The van der Waals surface area contributed by atoms with Gasteiger partial charge in [0.2, 0.25) is 0 Å². The Balaban J connectivity index is 2.49. The van der Waals surface area contributed by atoms with Gasteiger partial charge in [-0.05, 0) is 18.9 Å². The smallest absolute Gasteiger partial charge is 0.407 e. The van der Waals surface area contributed by atoms with Crippen molar-refractivity contribution in [2.24, 2.45) is 0 Å². The molecule has 28 heavy (non-hydrogen) atoms. The number of rotatable bonds is 14. The summed E-state index contributed by atoms with van der Waals surface area (Å²) in [5, 5.41) is 2.78. The number of ether oxygens (including phenoxy) is 2. The molecule has 1 N–H and O–H groups in total. The molecule has 0 aliphatic rings. The van der Waals surface area contributed by atoms with Gasteiger partial charge < -0.3 is 14.8 Å². The molecule has 6 heteroatoms. The third-order valence-corrected chi connectivity index (χ3v) is 4.31. The maximum absolute atomic E-state index is 12.1. The number of hydrogen-bond acceptors (Lipinski definition) is 5. The number of unbranched alkanes of at least 4 members (excludes halogenated alkanes) is 4. The Morgan fingerprint density at radius 2 is 1.68 bits per heavy atom. The van der Waals surface area contributed by atoms with E-state index in [0.717, 1.165) is 31.2 Å². The van der Waals surface area contributed by atoms with Gasteiger partial charge in [-0.1, -0.05) is 69.4 Å². The molecule has 156 valence electrons. The molecule has 6 nitrogen and oxygen atoms in total. The van der Waals surface area contributed by atoms with Crippen molar-refractivity contribution in [1.29, 1.82) is 0 Å². The molecule has 0 unspecified atom stereocenters. The van der Waals surface area contributed by atoms with E-state index < -0.39 is 12.1 Å². The Kier molecular flexibility index (Phi) is 12.4. The van der Waals surface area contributed by atoms with E-state index in [1.54, 1.807) is 6.92 Å². The normalized spacial score (nSPS) is 11.5. The van der Waals surface area contributed by atoms with Gasteiger partial charge in [-0.25, -0.2) is 4.79 Å². The van der Waals surface area contributed by atoms with Crippen molar-refractivity contribution in [2.45, 2.75) is 77.9 Å². The van der Waals surface area contributed by atoms with Crippen LogP contribution in [0.25, 0.3) is 0 Å². The van der Waals surface area contributed by atoms with E-state index in [-0.39, 0.29) is 37.9 Å². The molecule has 1 rings (SSSR count). The third-order valence-electron chi connectivity index (χ3n) is 4.31. The average Bonchev–Trinajstić information content (AvgIpc) is 2.67. The van der Waals surface area contributed by atoms with Crippen molar-refractivity contribution in [3.8, 4) is 0 Å². The van der Waals surface area contributed by atoms with Gasteiger partial charge in [-0.3, -0.25) is 9.59 Å². The number of amides is 1. The quantitative estimate of drug-likeness (QED) is 0.286. The first-order valence-electron chi connectivity index (χ1n) is 10.2. The fourth-order valence-corrected chi connectivity index (χ4v) is 2.87. The highest BCUT2D eigenvalue weighted by Crippen LogP contribution is 2.11. The monoisotopic (exact) mass is 391 g/mol. The van der Waals surface area contributed by atoms with Crippen molar-refractivity contribution in [1.82, 2.24) is 5.32 Å². The Hall–Kier alpha value is -2.37. The zero-order valence-electron chi connectivity index (χ0n) is 17.1. The summed E-state index contributed by atoms with van der Waals surface area (Å²) in [6, 6.07) is 9.07. The molecule has 0 aliphatic heterocycles. The maximum atomic E-state index is 12.1. The number of ketones is 1. The van der Waals surface area contributed by atoms with Crippen LogP contribution in [0.3, 0.4) is 0 Å². The zero-order chi connectivity index (χ0) is 20.6. The summed E-state index contributed by atoms with van der Waals surface area (Å²) in [4.78, 5) is 35.8. The van der Waals surface area contributed by atoms with Gasteiger partial charge in [0.1, 0.15) is 18.8 Å². The lowest BCUT2D eigenvalue weighted by Gasteiger charge is -2.18. The van der Waals surface area contributed by atoms with Gasteiger partial charge in [-0.2, -0.15) is 0 Å². The Labute approximate surface area is 168 Å².